The minimum Gasteiger partial charge on any atom is -0.367 e. The minimum atomic E-state index is -5.04. The maximum Gasteiger partial charge on any atom is 0.419 e. The van der Waals surface area contributed by atoms with E-state index in [0.717, 1.165) is 22.9 Å². The minimum absolute atomic E-state index is 0.0396. The van der Waals surface area contributed by atoms with Crippen LogP contribution in [0.15, 0.2) is 42.7 Å². The summed E-state index contributed by atoms with van der Waals surface area (Å²) in [6, 6.07) is 6.34. The summed E-state index contributed by atoms with van der Waals surface area (Å²) in [4.78, 5) is 16.0. The Labute approximate surface area is 236 Å². The van der Waals surface area contributed by atoms with E-state index >= 15 is 4.39 Å². The standard InChI is InChI=1S/C27H26F6N8O/c1-15-3-4-17(9-22(15)41-13-21(37-38-41)19-12-34-36-16(19)2)26(42)35-18-10-20(27(31,32)33)25(30)23(11-18)40-7-5-39(6-8-40)14-24(28)29/h3-4,9-13,24H,5-8,14H2,1-2H3,(H,34,36)(H,35,42). The summed E-state index contributed by atoms with van der Waals surface area (Å²) in [6.07, 6.45) is -4.33. The van der Waals surface area contributed by atoms with Gasteiger partial charge < -0.3 is 10.2 Å². The number of nitrogens with one attached hydrogen (secondary N) is 2. The molecular weight excluding hydrogens is 566 g/mol. The van der Waals surface area contributed by atoms with E-state index in [1.165, 1.54) is 26.6 Å². The lowest BCUT2D eigenvalue weighted by atomic mass is 10.1. The predicted molar refractivity (Wildman–Crippen MR) is 142 cm³/mol. The molecule has 0 unspecified atom stereocenters. The first kappa shape index (κ1) is 29.1. The van der Waals surface area contributed by atoms with Crippen LogP contribution in [-0.4, -0.2) is 75.1 Å². The van der Waals surface area contributed by atoms with Gasteiger partial charge >= 0.3 is 6.18 Å². The smallest absolute Gasteiger partial charge is 0.367 e. The first-order valence-electron chi connectivity index (χ1n) is 12.9. The van der Waals surface area contributed by atoms with Crippen LogP contribution in [0.4, 0.5) is 37.7 Å². The Morgan fingerprint density at radius 1 is 1.07 bits per heavy atom. The number of alkyl halides is 5. The Hall–Kier alpha value is -4.40. The van der Waals surface area contributed by atoms with Crippen LogP contribution < -0.4 is 10.2 Å². The fraction of sp³-hybridized carbons (Fsp3) is 0.333. The molecule has 0 spiro atoms. The topological polar surface area (TPSA) is 95.0 Å². The number of nitrogens with zero attached hydrogens (tertiary/aromatic N) is 6. The second-order valence-electron chi connectivity index (χ2n) is 9.95. The average Bonchev–Trinajstić information content (AvgIpc) is 3.58. The van der Waals surface area contributed by atoms with Gasteiger partial charge in [0.05, 0.1) is 35.9 Å². The molecular formula is C27H26F6N8O. The third kappa shape index (κ3) is 6.10. The highest BCUT2D eigenvalue weighted by molar-refractivity contribution is 6.05. The van der Waals surface area contributed by atoms with E-state index in [2.05, 4.69) is 25.8 Å². The van der Waals surface area contributed by atoms with Crippen molar-refractivity contribution >= 4 is 17.3 Å². The highest BCUT2D eigenvalue weighted by atomic mass is 19.4. The molecule has 222 valence electrons. The van der Waals surface area contributed by atoms with E-state index in [1.54, 1.807) is 25.4 Å². The van der Waals surface area contributed by atoms with Crippen molar-refractivity contribution < 1.29 is 31.1 Å². The highest BCUT2D eigenvalue weighted by Crippen LogP contribution is 2.38. The highest BCUT2D eigenvalue weighted by Gasteiger charge is 2.37. The Morgan fingerprint density at radius 2 is 1.81 bits per heavy atom. The number of hydrogen-bond acceptors (Lipinski definition) is 6. The number of hydrogen-bond donors (Lipinski definition) is 2. The molecule has 1 fully saturated rings. The van der Waals surface area contributed by atoms with E-state index in [-0.39, 0.29) is 43.1 Å². The van der Waals surface area contributed by atoms with Gasteiger partial charge in [-0.15, -0.1) is 5.10 Å². The van der Waals surface area contributed by atoms with Gasteiger partial charge in [0.1, 0.15) is 5.69 Å². The number of piperazine rings is 1. The van der Waals surface area contributed by atoms with Crippen LogP contribution in [0, 0.1) is 19.7 Å². The van der Waals surface area contributed by atoms with E-state index in [9.17, 15) is 26.7 Å². The number of halogens is 6. The average molecular weight is 593 g/mol. The number of rotatable bonds is 7. The second-order valence-corrected chi connectivity index (χ2v) is 9.95. The molecule has 2 aromatic heterocycles. The zero-order chi connectivity index (χ0) is 30.2. The van der Waals surface area contributed by atoms with Crippen LogP contribution in [0.1, 0.15) is 27.2 Å². The lowest BCUT2D eigenvalue weighted by Crippen LogP contribution is -2.48. The lowest BCUT2D eigenvalue weighted by Gasteiger charge is -2.36. The van der Waals surface area contributed by atoms with Gasteiger partial charge in [0.25, 0.3) is 12.3 Å². The summed E-state index contributed by atoms with van der Waals surface area (Å²) in [6.45, 7) is 3.48. The van der Waals surface area contributed by atoms with Crippen molar-refractivity contribution in [2.45, 2.75) is 26.4 Å². The van der Waals surface area contributed by atoms with Gasteiger partial charge in [-0.3, -0.25) is 14.8 Å². The molecule has 9 nitrogen and oxygen atoms in total. The molecule has 42 heavy (non-hydrogen) atoms. The fourth-order valence-electron chi connectivity index (χ4n) is 4.80. The van der Waals surface area contributed by atoms with Gasteiger partial charge in [-0.05, 0) is 43.7 Å². The lowest BCUT2D eigenvalue weighted by molar-refractivity contribution is -0.139. The number of carbonyl (C=O) groups is 1. The summed E-state index contributed by atoms with van der Waals surface area (Å²) in [5.74, 6) is -2.22. The van der Waals surface area contributed by atoms with Gasteiger partial charge in [-0.25, -0.2) is 17.9 Å². The molecule has 0 aliphatic carbocycles. The molecule has 0 radical (unpaired) electrons. The maximum atomic E-state index is 15.1. The Morgan fingerprint density at radius 3 is 2.45 bits per heavy atom. The molecule has 15 heteroatoms. The Kier molecular flexibility index (Phi) is 7.95. The number of carbonyl (C=O) groups excluding carboxylic acids is 1. The van der Waals surface area contributed by atoms with Crippen LogP contribution in [0.2, 0.25) is 0 Å². The predicted octanol–water partition coefficient (Wildman–Crippen LogP) is 5.07. The molecule has 3 heterocycles. The van der Waals surface area contributed by atoms with Gasteiger partial charge in [0.2, 0.25) is 0 Å². The number of anilines is 2. The van der Waals surface area contributed by atoms with Crippen LogP contribution >= 0.6 is 0 Å². The van der Waals surface area contributed by atoms with Crippen molar-refractivity contribution in [3.63, 3.8) is 0 Å². The van der Waals surface area contributed by atoms with Gasteiger partial charge in [-0.1, -0.05) is 11.3 Å². The molecule has 1 amide bonds. The number of aryl methyl sites for hydroxylation is 2. The number of benzene rings is 2. The maximum absolute atomic E-state index is 15.1. The number of amides is 1. The molecule has 2 aromatic carbocycles. The molecule has 5 rings (SSSR count). The van der Waals surface area contributed by atoms with Crippen LogP contribution in [0.3, 0.4) is 0 Å². The van der Waals surface area contributed by atoms with Gasteiger partial charge in [0, 0.05) is 48.7 Å². The van der Waals surface area contributed by atoms with E-state index < -0.39 is 36.4 Å². The molecule has 2 N–H and O–H groups in total. The Balaban J connectivity index is 1.41. The largest absolute Gasteiger partial charge is 0.419 e. The summed E-state index contributed by atoms with van der Waals surface area (Å²) >= 11 is 0. The van der Waals surface area contributed by atoms with Crippen molar-refractivity contribution in [1.82, 2.24) is 30.1 Å². The van der Waals surface area contributed by atoms with E-state index in [1.807, 2.05) is 6.92 Å². The number of aromatic nitrogens is 5. The summed E-state index contributed by atoms with van der Waals surface area (Å²) in [7, 11) is 0. The Bertz CT molecular complexity index is 1590. The van der Waals surface area contributed by atoms with Crippen molar-refractivity contribution in [2.75, 3.05) is 42.9 Å². The first-order valence-corrected chi connectivity index (χ1v) is 12.9. The van der Waals surface area contributed by atoms with Crippen LogP contribution in [0.5, 0.6) is 0 Å². The molecule has 1 aliphatic rings. The van der Waals surface area contributed by atoms with Crippen molar-refractivity contribution in [2.24, 2.45) is 0 Å². The van der Waals surface area contributed by atoms with E-state index in [0.29, 0.717) is 17.4 Å². The number of H-pyrrole nitrogens is 1. The third-order valence-electron chi connectivity index (χ3n) is 7.04. The summed E-state index contributed by atoms with van der Waals surface area (Å²) in [5, 5.41) is 17.5. The molecule has 0 saturated carbocycles. The first-order chi connectivity index (χ1) is 19.9. The van der Waals surface area contributed by atoms with Gasteiger partial charge in [0.15, 0.2) is 5.82 Å². The zero-order valence-corrected chi connectivity index (χ0v) is 22.5. The van der Waals surface area contributed by atoms with Crippen molar-refractivity contribution in [3.05, 3.63) is 70.9 Å². The zero-order valence-electron chi connectivity index (χ0n) is 22.5. The van der Waals surface area contributed by atoms with E-state index in [4.69, 9.17) is 0 Å². The normalized spacial score (nSPS) is 14.5. The van der Waals surface area contributed by atoms with Crippen LogP contribution in [-0.2, 0) is 6.18 Å². The SMILES string of the molecule is Cc1ccc(C(=O)Nc2cc(N3CCN(CC(F)F)CC3)c(F)c(C(F)(F)F)c2)cc1-n1cc(-c2cn[nH]c2C)nn1. The monoisotopic (exact) mass is 592 g/mol. The second kappa shape index (κ2) is 11.5. The third-order valence-corrected chi connectivity index (χ3v) is 7.04. The van der Waals surface area contributed by atoms with Crippen LogP contribution in [0.25, 0.3) is 16.9 Å². The van der Waals surface area contributed by atoms with Crippen molar-refractivity contribution in [1.29, 1.82) is 0 Å². The molecule has 4 aromatic rings. The molecule has 0 bridgehead atoms. The molecule has 1 aliphatic heterocycles. The summed E-state index contributed by atoms with van der Waals surface area (Å²) < 4.78 is 83.3. The molecule has 1 saturated heterocycles. The number of aromatic amines is 1. The van der Waals surface area contributed by atoms with Gasteiger partial charge in [-0.2, -0.15) is 18.3 Å². The van der Waals surface area contributed by atoms with Crippen molar-refractivity contribution in [3.8, 4) is 16.9 Å². The quantitative estimate of drug-likeness (QED) is 0.291. The fourth-order valence-corrected chi connectivity index (χ4v) is 4.80. The molecule has 0 atom stereocenters. The summed E-state index contributed by atoms with van der Waals surface area (Å²) in [5.41, 5.74) is 1.29.